The Labute approximate surface area is 89.3 Å². The van der Waals surface area contributed by atoms with E-state index in [0.717, 1.165) is 12.1 Å². The number of halogens is 3. The standard InChI is InChI=1S/C6H3Cl3O3S/c7-3-1-5(10)6(2-4(3)8)13(9,11)12/h1-2,10H. The van der Waals surface area contributed by atoms with Crippen LogP contribution < -0.4 is 0 Å². The Morgan fingerprint density at radius 3 is 2.08 bits per heavy atom. The summed E-state index contributed by atoms with van der Waals surface area (Å²) >= 11 is 11.0. The van der Waals surface area contributed by atoms with Crippen molar-refractivity contribution in [2.24, 2.45) is 0 Å². The van der Waals surface area contributed by atoms with Crippen LogP contribution in [0.1, 0.15) is 0 Å². The van der Waals surface area contributed by atoms with Gasteiger partial charge >= 0.3 is 0 Å². The van der Waals surface area contributed by atoms with Crippen LogP contribution in [-0.2, 0) is 9.05 Å². The van der Waals surface area contributed by atoms with Crippen LogP contribution in [0.5, 0.6) is 5.75 Å². The van der Waals surface area contributed by atoms with Gasteiger partial charge in [-0.3, -0.25) is 0 Å². The maximum Gasteiger partial charge on any atom is 0.265 e. The second-order valence-corrected chi connectivity index (χ2v) is 5.52. The molecule has 0 saturated carbocycles. The van der Waals surface area contributed by atoms with E-state index < -0.39 is 19.7 Å². The van der Waals surface area contributed by atoms with Crippen LogP contribution in [0.3, 0.4) is 0 Å². The lowest BCUT2D eigenvalue weighted by molar-refractivity contribution is 0.459. The van der Waals surface area contributed by atoms with Crippen molar-refractivity contribution < 1.29 is 13.5 Å². The zero-order valence-electron chi connectivity index (χ0n) is 5.96. The minimum absolute atomic E-state index is 0.0127. The fourth-order valence-electron chi connectivity index (χ4n) is 0.713. The van der Waals surface area contributed by atoms with Crippen molar-refractivity contribution >= 4 is 42.9 Å². The van der Waals surface area contributed by atoms with E-state index in [4.69, 9.17) is 39.0 Å². The molecule has 0 aromatic heterocycles. The number of phenolic OH excluding ortho intramolecular Hbond substituents is 1. The number of hydrogen-bond donors (Lipinski definition) is 1. The average molecular weight is 262 g/mol. The van der Waals surface area contributed by atoms with Crippen molar-refractivity contribution in [2.75, 3.05) is 0 Å². The monoisotopic (exact) mass is 260 g/mol. The maximum atomic E-state index is 10.8. The SMILES string of the molecule is O=S(=O)(Cl)c1cc(Cl)c(Cl)cc1O. The smallest absolute Gasteiger partial charge is 0.265 e. The molecule has 1 aromatic carbocycles. The zero-order valence-corrected chi connectivity index (χ0v) is 9.04. The lowest BCUT2D eigenvalue weighted by Gasteiger charge is -2.02. The summed E-state index contributed by atoms with van der Waals surface area (Å²) in [5.74, 6) is -0.524. The third kappa shape index (κ3) is 2.40. The van der Waals surface area contributed by atoms with E-state index in [1.54, 1.807) is 0 Å². The van der Waals surface area contributed by atoms with E-state index in [-0.39, 0.29) is 10.0 Å². The van der Waals surface area contributed by atoms with Crippen LogP contribution in [0, 0.1) is 0 Å². The van der Waals surface area contributed by atoms with Crippen molar-refractivity contribution in [3.63, 3.8) is 0 Å². The van der Waals surface area contributed by atoms with E-state index in [1.807, 2.05) is 0 Å². The largest absolute Gasteiger partial charge is 0.506 e. The van der Waals surface area contributed by atoms with Crippen LogP contribution in [0.15, 0.2) is 17.0 Å². The molecule has 0 spiro atoms. The van der Waals surface area contributed by atoms with Crippen LogP contribution >= 0.6 is 33.9 Å². The summed E-state index contributed by atoms with van der Waals surface area (Å²) in [6, 6.07) is 2.00. The summed E-state index contributed by atoms with van der Waals surface area (Å²) < 4.78 is 21.6. The van der Waals surface area contributed by atoms with Gasteiger partial charge in [-0.25, -0.2) is 8.42 Å². The summed E-state index contributed by atoms with van der Waals surface area (Å²) in [5.41, 5.74) is 0. The number of aromatic hydroxyl groups is 1. The Morgan fingerprint density at radius 1 is 1.15 bits per heavy atom. The van der Waals surface area contributed by atoms with Gasteiger partial charge in [0.15, 0.2) is 0 Å². The molecule has 3 nitrogen and oxygen atoms in total. The molecule has 1 N–H and O–H groups in total. The molecule has 0 aliphatic heterocycles. The third-order valence-corrected chi connectivity index (χ3v) is 3.34. The van der Waals surface area contributed by atoms with Gasteiger partial charge in [0.1, 0.15) is 10.6 Å². The molecule has 0 unspecified atom stereocenters. The van der Waals surface area contributed by atoms with Crippen molar-refractivity contribution in [3.8, 4) is 5.75 Å². The molecule has 7 heteroatoms. The molecule has 0 amide bonds. The summed E-state index contributed by atoms with van der Waals surface area (Å²) in [6.07, 6.45) is 0. The maximum absolute atomic E-state index is 10.8. The van der Waals surface area contributed by atoms with E-state index in [9.17, 15) is 8.42 Å². The van der Waals surface area contributed by atoms with Crippen molar-refractivity contribution in [1.82, 2.24) is 0 Å². The van der Waals surface area contributed by atoms with Gasteiger partial charge in [-0.1, -0.05) is 23.2 Å². The quantitative estimate of drug-likeness (QED) is 0.791. The van der Waals surface area contributed by atoms with Gasteiger partial charge in [0, 0.05) is 16.7 Å². The van der Waals surface area contributed by atoms with Crippen LogP contribution in [0.4, 0.5) is 0 Å². The Kier molecular flexibility index (Phi) is 2.97. The van der Waals surface area contributed by atoms with Crippen LogP contribution in [0.25, 0.3) is 0 Å². The second-order valence-electron chi connectivity index (χ2n) is 2.17. The first kappa shape index (κ1) is 10.9. The van der Waals surface area contributed by atoms with Crippen molar-refractivity contribution in [2.45, 2.75) is 4.90 Å². The highest BCUT2D eigenvalue weighted by Gasteiger charge is 2.17. The lowest BCUT2D eigenvalue weighted by atomic mass is 10.3. The first-order chi connectivity index (χ1) is 5.82. The molecule has 0 heterocycles. The Morgan fingerprint density at radius 2 is 1.62 bits per heavy atom. The Balaban J connectivity index is 3.50. The number of rotatable bonds is 1. The minimum atomic E-state index is -3.99. The Bertz CT molecular complexity index is 441. The third-order valence-electron chi connectivity index (χ3n) is 1.26. The molecular weight excluding hydrogens is 258 g/mol. The van der Waals surface area contributed by atoms with Gasteiger partial charge in [-0.2, -0.15) is 0 Å². The van der Waals surface area contributed by atoms with Gasteiger partial charge < -0.3 is 5.11 Å². The summed E-state index contributed by atoms with van der Waals surface area (Å²) in [4.78, 5) is -0.455. The van der Waals surface area contributed by atoms with Crippen molar-refractivity contribution in [1.29, 1.82) is 0 Å². The van der Waals surface area contributed by atoms with E-state index in [1.165, 1.54) is 0 Å². The zero-order chi connectivity index (χ0) is 10.2. The minimum Gasteiger partial charge on any atom is -0.506 e. The molecule has 0 aliphatic carbocycles. The normalized spacial score (nSPS) is 11.6. The van der Waals surface area contributed by atoms with Crippen LogP contribution in [-0.4, -0.2) is 13.5 Å². The van der Waals surface area contributed by atoms with Crippen LogP contribution in [0.2, 0.25) is 10.0 Å². The molecule has 0 aliphatic rings. The number of hydrogen-bond acceptors (Lipinski definition) is 3. The lowest BCUT2D eigenvalue weighted by Crippen LogP contribution is -1.91. The highest BCUT2D eigenvalue weighted by atomic mass is 35.7. The topological polar surface area (TPSA) is 54.4 Å². The van der Waals surface area contributed by atoms with Gasteiger partial charge in [-0.05, 0) is 6.07 Å². The molecule has 0 fully saturated rings. The molecule has 0 bridgehead atoms. The molecule has 1 aromatic rings. The second kappa shape index (κ2) is 3.53. The van der Waals surface area contributed by atoms with Gasteiger partial charge in [-0.15, -0.1) is 0 Å². The summed E-state index contributed by atoms with van der Waals surface area (Å²) in [7, 11) is 1.01. The van der Waals surface area contributed by atoms with E-state index in [0.29, 0.717) is 0 Å². The average Bonchev–Trinajstić information content (AvgIpc) is 1.94. The summed E-state index contributed by atoms with van der Waals surface area (Å²) in [5, 5.41) is 9.22. The molecule has 1 rings (SSSR count). The number of benzene rings is 1. The van der Waals surface area contributed by atoms with E-state index >= 15 is 0 Å². The molecule has 0 radical (unpaired) electrons. The number of phenols is 1. The highest BCUT2D eigenvalue weighted by Crippen LogP contribution is 2.33. The highest BCUT2D eigenvalue weighted by molar-refractivity contribution is 8.13. The van der Waals surface area contributed by atoms with Crippen molar-refractivity contribution in [3.05, 3.63) is 22.2 Å². The van der Waals surface area contributed by atoms with E-state index in [2.05, 4.69) is 0 Å². The predicted octanol–water partition coefficient (Wildman–Crippen LogP) is 2.63. The van der Waals surface area contributed by atoms with Gasteiger partial charge in [0.25, 0.3) is 9.05 Å². The molecule has 72 valence electrons. The molecular formula is C6H3Cl3O3S. The molecule has 0 saturated heterocycles. The van der Waals surface area contributed by atoms with Gasteiger partial charge in [0.05, 0.1) is 10.0 Å². The Hall–Kier alpha value is -0.160. The summed E-state index contributed by atoms with van der Waals surface area (Å²) in [6.45, 7) is 0. The fourth-order valence-corrected chi connectivity index (χ4v) is 2.04. The van der Waals surface area contributed by atoms with Gasteiger partial charge in [0.2, 0.25) is 0 Å². The fraction of sp³-hybridized carbons (Fsp3) is 0. The molecule has 13 heavy (non-hydrogen) atoms. The predicted molar refractivity (Wildman–Crippen MR) is 51.2 cm³/mol. The molecule has 0 atom stereocenters. The first-order valence-corrected chi connectivity index (χ1v) is 6.01. The first-order valence-electron chi connectivity index (χ1n) is 2.95.